The number of rotatable bonds is 10. The number of nitrogens with one attached hydrogen (secondary N) is 1. The standard InChI is InChI=1S/C27H33NO7/c1-3-4-11-28-12-10-19-13-21-22(34-16-33-21)14-20(19)23-17(2)24(29)25(30)26(23)35-27(31)32-15-18-8-6-5-7-9-18/h5-9,13-14,17,24-25,28-30H,3-4,10-12,15-16H2,1-2H3/t17-,24+,25+/m1/s1. The predicted octanol–water partition coefficient (Wildman–Crippen LogP) is 3.78. The van der Waals surface area contributed by atoms with Crippen molar-refractivity contribution < 1.29 is 34.0 Å². The fourth-order valence-corrected chi connectivity index (χ4v) is 4.40. The molecule has 1 aliphatic carbocycles. The third-order valence-corrected chi connectivity index (χ3v) is 6.38. The number of aliphatic hydroxyl groups is 2. The van der Waals surface area contributed by atoms with Crippen molar-refractivity contribution in [1.29, 1.82) is 0 Å². The fraction of sp³-hybridized carbons (Fsp3) is 0.444. The van der Waals surface area contributed by atoms with Crippen LogP contribution in [0.2, 0.25) is 0 Å². The summed E-state index contributed by atoms with van der Waals surface area (Å²) in [4.78, 5) is 12.5. The minimum atomic E-state index is -1.36. The van der Waals surface area contributed by atoms with E-state index in [4.69, 9.17) is 18.9 Å². The van der Waals surface area contributed by atoms with Crippen LogP contribution in [0.3, 0.4) is 0 Å². The van der Waals surface area contributed by atoms with Crippen molar-refractivity contribution in [2.24, 2.45) is 5.92 Å². The molecule has 0 unspecified atom stereocenters. The van der Waals surface area contributed by atoms with Gasteiger partial charge in [0, 0.05) is 11.5 Å². The zero-order valence-corrected chi connectivity index (χ0v) is 20.2. The minimum absolute atomic E-state index is 0.00196. The van der Waals surface area contributed by atoms with Crippen molar-refractivity contribution in [3.05, 3.63) is 64.9 Å². The SMILES string of the molecule is CCCCNCCc1cc2c(cc1C1=C(OC(=O)OCc3ccccc3)[C@@H](O)[C@@H](O)[C@@H]1C)OCO2. The Balaban J connectivity index is 1.60. The first-order chi connectivity index (χ1) is 17.0. The van der Waals surface area contributed by atoms with Gasteiger partial charge < -0.3 is 34.5 Å². The highest BCUT2D eigenvalue weighted by molar-refractivity contribution is 5.79. The molecule has 2 aliphatic rings. The monoisotopic (exact) mass is 483 g/mol. The van der Waals surface area contributed by atoms with E-state index < -0.39 is 24.3 Å². The number of carbonyl (C=O) groups excluding carboxylic acids is 1. The third kappa shape index (κ3) is 5.78. The Labute approximate surface area is 205 Å². The summed E-state index contributed by atoms with van der Waals surface area (Å²) in [5, 5.41) is 24.8. The molecular weight excluding hydrogens is 450 g/mol. The number of ether oxygens (including phenoxy) is 4. The van der Waals surface area contributed by atoms with Gasteiger partial charge in [-0.2, -0.15) is 0 Å². The van der Waals surface area contributed by atoms with E-state index in [0.717, 1.165) is 42.6 Å². The number of carbonyl (C=O) groups is 1. The Morgan fingerprint density at radius 3 is 2.60 bits per heavy atom. The number of unbranched alkanes of at least 4 members (excludes halogenated alkanes) is 1. The number of benzene rings is 2. The van der Waals surface area contributed by atoms with Gasteiger partial charge in [-0.1, -0.05) is 50.6 Å². The second-order valence-corrected chi connectivity index (χ2v) is 8.84. The average molecular weight is 484 g/mol. The molecule has 8 heteroatoms. The second kappa shape index (κ2) is 11.6. The van der Waals surface area contributed by atoms with Crippen molar-refractivity contribution in [1.82, 2.24) is 5.32 Å². The Bertz CT molecular complexity index is 1050. The molecule has 0 bridgehead atoms. The normalized spacial score (nSPS) is 20.9. The summed E-state index contributed by atoms with van der Waals surface area (Å²) in [6, 6.07) is 13.0. The molecule has 0 aromatic heterocycles. The number of hydrogen-bond donors (Lipinski definition) is 3. The lowest BCUT2D eigenvalue weighted by molar-refractivity contribution is 0.00174. The lowest BCUT2D eigenvalue weighted by atomic mass is 9.90. The minimum Gasteiger partial charge on any atom is -0.454 e. The third-order valence-electron chi connectivity index (χ3n) is 6.38. The highest BCUT2D eigenvalue weighted by atomic mass is 16.7. The van der Waals surface area contributed by atoms with Crippen LogP contribution < -0.4 is 14.8 Å². The molecule has 0 fully saturated rings. The van der Waals surface area contributed by atoms with Crippen LogP contribution in [0.5, 0.6) is 11.5 Å². The van der Waals surface area contributed by atoms with Crippen LogP contribution in [0.15, 0.2) is 48.2 Å². The van der Waals surface area contributed by atoms with E-state index in [2.05, 4.69) is 12.2 Å². The van der Waals surface area contributed by atoms with E-state index in [1.807, 2.05) is 42.5 Å². The van der Waals surface area contributed by atoms with Gasteiger partial charge in [0.05, 0.1) is 6.10 Å². The van der Waals surface area contributed by atoms with Crippen LogP contribution in [0.25, 0.3) is 5.57 Å². The van der Waals surface area contributed by atoms with Gasteiger partial charge in [0.2, 0.25) is 6.79 Å². The highest BCUT2D eigenvalue weighted by Crippen LogP contribution is 2.45. The molecule has 0 spiro atoms. The number of aliphatic hydroxyl groups excluding tert-OH is 2. The Hall–Kier alpha value is -3.07. The van der Waals surface area contributed by atoms with Gasteiger partial charge in [0.1, 0.15) is 18.5 Å². The number of hydrogen-bond acceptors (Lipinski definition) is 8. The van der Waals surface area contributed by atoms with Crippen LogP contribution >= 0.6 is 0 Å². The maximum absolute atomic E-state index is 12.5. The van der Waals surface area contributed by atoms with Crippen LogP contribution in [0.4, 0.5) is 4.79 Å². The van der Waals surface area contributed by atoms with E-state index in [1.54, 1.807) is 6.92 Å². The lowest BCUT2D eigenvalue weighted by Gasteiger charge is -2.18. The van der Waals surface area contributed by atoms with Gasteiger partial charge in [-0.15, -0.1) is 0 Å². The zero-order valence-electron chi connectivity index (χ0n) is 20.2. The fourth-order valence-electron chi connectivity index (χ4n) is 4.40. The van der Waals surface area contributed by atoms with Crippen molar-refractivity contribution in [2.75, 3.05) is 19.9 Å². The molecule has 1 aliphatic heterocycles. The molecule has 0 radical (unpaired) electrons. The maximum Gasteiger partial charge on any atom is 0.513 e. The van der Waals surface area contributed by atoms with E-state index in [1.165, 1.54) is 0 Å². The zero-order chi connectivity index (χ0) is 24.8. The summed E-state index contributed by atoms with van der Waals surface area (Å²) in [5.74, 6) is 0.745. The first kappa shape index (κ1) is 25.0. The molecule has 0 amide bonds. The van der Waals surface area contributed by atoms with Crippen LogP contribution in [-0.4, -0.2) is 48.5 Å². The molecule has 4 rings (SSSR count). The molecular formula is C27H33NO7. The topological polar surface area (TPSA) is 106 Å². The smallest absolute Gasteiger partial charge is 0.454 e. The van der Waals surface area contributed by atoms with E-state index in [-0.39, 0.29) is 19.2 Å². The molecule has 0 saturated carbocycles. The van der Waals surface area contributed by atoms with Gasteiger partial charge in [-0.05, 0) is 54.8 Å². The van der Waals surface area contributed by atoms with E-state index in [9.17, 15) is 15.0 Å². The van der Waals surface area contributed by atoms with Crippen LogP contribution in [-0.2, 0) is 22.5 Å². The lowest BCUT2D eigenvalue weighted by Crippen LogP contribution is -2.28. The van der Waals surface area contributed by atoms with E-state index >= 15 is 0 Å². The van der Waals surface area contributed by atoms with Gasteiger partial charge in [-0.25, -0.2) is 4.79 Å². The van der Waals surface area contributed by atoms with Crippen molar-refractivity contribution >= 4 is 11.7 Å². The Kier molecular flexibility index (Phi) is 8.28. The van der Waals surface area contributed by atoms with Gasteiger partial charge in [0.15, 0.2) is 11.5 Å². The summed E-state index contributed by atoms with van der Waals surface area (Å²) < 4.78 is 21.9. The quantitative estimate of drug-likeness (QED) is 0.346. The largest absolute Gasteiger partial charge is 0.513 e. The van der Waals surface area contributed by atoms with Crippen molar-refractivity contribution in [2.45, 2.75) is 51.9 Å². The van der Waals surface area contributed by atoms with Crippen molar-refractivity contribution in [3.8, 4) is 11.5 Å². The summed E-state index contributed by atoms with van der Waals surface area (Å²) in [6.07, 6.45) is -0.524. The molecule has 8 nitrogen and oxygen atoms in total. The highest BCUT2D eigenvalue weighted by Gasteiger charge is 2.42. The molecule has 1 heterocycles. The van der Waals surface area contributed by atoms with Gasteiger partial charge in [0.25, 0.3) is 0 Å². The molecule has 3 atom stereocenters. The molecule has 3 N–H and O–H groups in total. The molecule has 0 saturated heterocycles. The first-order valence-electron chi connectivity index (χ1n) is 12.1. The Morgan fingerprint density at radius 1 is 1.11 bits per heavy atom. The summed E-state index contributed by atoms with van der Waals surface area (Å²) in [5.41, 5.74) is 3.07. The summed E-state index contributed by atoms with van der Waals surface area (Å²) in [7, 11) is 0. The molecule has 188 valence electrons. The van der Waals surface area contributed by atoms with Gasteiger partial charge >= 0.3 is 6.16 Å². The molecule has 35 heavy (non-hydrogen) atoms. The molecule has 2 aromatic carbocycles. The predicted molar refractivity (Wildman–Crippen MR) is 130 cm³/mol. The van der Waals surface area contributed by atoms with Crippen LogP contribution in [0, 0.1) is 5.92 Å². The maximum atomic E-state index is 12.5. The van der Waals surface area contributed by atoms with E-state index in [0.29, 0.717) is 23.5 Å². The second-order valence-electron chi connectivity index (χ2n) is 8.84. The average Bonchev–Trinajstić information content (AvgIpc) is 3.41. The van der Waals surface area contributed by atoms with Crippen LogP contribution in [0.1, 0.15) is 43.4 Å². The number of fused-ring (bicyclic) bond motifs is 1. The van der Waals surface area contributed by atoms with Crippen molar-refractivity contribution in [3.63, 3.8) is 0 Å². The first-order valence-corrected chi connectivity index (χ1v) is 12.1. The van der Waals surface area contributed by atoms with Gasteiger partial charge in [-0.3, -0.25) is 0 Å². The summed E-state index contributed by atoms with van der Waals surface area (Å²) in [6.45, 7) is 5.78. The molecule has 2 aromatic rings. The summed E-state index contributed by atoms with van der Waals surface area (Å²) >= 11 is 0. The Morgan fingerprint density at radius 2 is 1.86 bits per heavy atom.